The zero-order valence-corrected chi connectivity index (χ0v) is 12.0. The molecule has 4 nitrogen and oxygen atoms in total. The van der Waals surface area contributed by atoms with Crippen LogP contribution >= 0.6 is 23.7 Å². The summed E-state index contributed by atoms with van der Waals surface area (Å²) in [5.41, 5.74) is 0. The number of sulfonamides is 1. The van der Waals surface area contributed by atoms with Gasteiger partial charge >= 0.3 is 0 Å². The molecule has 2 atom stereocenters. The lowest BCUT2D eigenvalue weighted by Crippen LogP contribution is -2.49. The Bertz CT molecular complexity index is 433. The molecule has 98 valence electrons. The van der Waals surface area contributed by atoms with E-state index in [1.807, 2.05) is 0 Å². The summed E-state index contributed by atoms with van der Waals surface area (Å²) in [6, 6.07) is 3.39. The van der Waals surface area contributed by atoms with Crippen LogP contribution in [0.2, 0.25) is 0 Å². The number of halogens is 1. The minimum absolute atomic E-state index is 0. The summed E-state index contributed by atoms with van der Waals surface area (Å²) in [4.78, 5) is 0. The smallest absolute Gasteiger partial charge is 0.250 e. The average molecular weight is 297 g/mol. The fourth-order valence-electron chi connectivity index (χ4n) is 1.82. The van der Waals surface area contributed by atoms with Crippen molar-refractivity contribution in [1.29, 1.82) is 0 Å². The molecule has 2 heterocycles. The maximum atomic E-state index is 12.0. The molecule has 1 aliphatic heterocycles. The van der Waals surface area contributed by atoms with Gasteiger partial charge in [-0.1, -0.05) is 13.0 Å². The maximum absolute atomic E-state index is 12.0. The van der Waals surface area contributed by atoms with Crippen molar-refractivity contribution >= 4 is 33.8 Å². The molecule has 1 fully saturated rings. The van der Waals surface area contributed by atoms with Crippen LogP contribution in [0, 0.1) is 5.92 Å². The Morgan fingerprint density at radius 3 is 2.88 bits per heavy atom. The lowest BCUT2D eigenvalue weighted by molar-refractivity contribution is 0.327. The van der Waals surface area contributed by atoms with Gasteiger partial charge in [0.05, 0.1) is 0 Å². The van der Waals surface area contributed by atoms with Crippen molar-refractivity contribution in [3.63, 3.8) is 0 Å². The second-order valence-corrected chi connectivity index (χ2v) is 7.02. The highest BCUT2D eigenvalue weighted by molar-refractivity contribution is 7.91. The van der Waals surface area contributed by atoms with Crippen molar-refractivity contribution in [2.45, 2.75) is 23.6 Å². The Kier molecular flexibility index (Phi) is 5.40. The predicted molar refractivity (Wildman–Crippen MR) is 72.3 cm³/mol. The van der Waals surface area contributed by atoms with E-state index < -0.39 is 10.0 Å². The van der Waals surface area contributed by atoms with E-state index in [9.17, 15) is 8.42 Å². The van der Waals surface area contributed by atoms with E-state index in [4.69, 9.17) is 0 Å². The molecule has 0 aromatic carbocycles. The molecule has 7 heteroatoms. The van der Waals surface area contributed by atoms with Gasteiger partial charge in [0.15, 0.2) is 0 Å². The second kappa shape index (κ2) is 6.15. The van der Waals surface area contributed by atoms with Crippen molar-refractivity contribution < 1.29 is 8.42 Å². The van der Waals surface area contributed by atoms with Gasteiger partial charge in [0.2, 0.25) is 10.0 Å². The molecule has 0 bridgehead atoms. The van der Waals surface area contributed by atoms with E-state index in [1.54, 1.807) is 17.5 Å². The van der Waals surface area contributed by atoms with Gasteiger partial charge in [-0.2, -0.15) is 0 Å². The summed E-state index contributed by atoms with van der Waals surface area (Å²) in [7, 11) is -3.32. The Labute approximate surface area is 112 Å². The molecule has 0 saturated carbocycles. The molecule has 2 N–H and O–H groups in total. The SMILES string of the molecule is CC1CCNCC1NS(=O)(=O)c1cccs1.Cl. The highest BCUT2D eigenvalue weighted by Crippen LogP contribution is 2.18. The minimum Gasteiger partial charge on any atom is -0.315 e. The first-order valence-electron chi connectivity index (χ1n) is 5.36. The van der Waals surface area contributed by atoms with E-state index >= 15 is 0 Å². The molecule has 1 aromatic heterocycles. The normalized spacial score (nSPS) is 25.2. The monoisotopic (exact) mass is 296 g/mol. The Morgan fingerprint density at radius 2 is 2.29 bits per heavy atom. The molecule has 2 unspecified atom stereocenters. The van der Waals surface area contributed by atoms with E-state index in [1.165, 1.54) is 11.3 Å². The molecule has 0 aliphatic carbocycles. The maximum Gasteiger partial charge on any atom is 0.250 e. The van der Waals surface area contributed by atoms with Crippen molar-refractivity contribution in [2.24, 2.45) is 5.92 Å². The predicted octanol–water partition coefficient (Wildman–Crippen LogP) is 1.45. The molecular weight excluding hydrogens is 280 g/mol. The third-order valence-corrected chi connectivity index (χ3v) is 5.78. The first kappa shape index (κ1) is 14.9. The highest BCUT2D eigenvalue weighted by Gasteiger charge is 2.26. The average Bonchev–Trinajstić information content (AvgIpc) is 2.75. The third-order valence-electron chi connectivity index (χ3n) is 2.89. The van der Waals surface area contributed by atoms with Gasteiger partial charge in [0.1, 0.15) is 4.21 Å². The van der Waals surface area contributed by atoms with Crippen LogP contribution in [0.5, 0.6) is 0 Å². The third kappa shape index (κ3) is 3.66. The van der Waals surface area contributed by atoms with Crippen molar-refractivity contribution in [3.8, 4) is 0 Å². The van der Waals surface area contributed by atoms with Crippen molar-refractivity contribution in [1.82, 2.24) is 10.0 Å². The lowest BCUT2D eigenvalue weighted by Gasteiger charge is -2.29. The van der Waals surface area contributed by atoms with Gasteiger partial charge in [0.25, 0.3) is 0 Å². The molecule has 1 aromatic rings. The van der Waals surface area contributed by atoms with Crippen LogP contribution in [0.15, 0.2) is 21.7 Å². The fourth-order valence-corrected chi connectivity index (χ4v) is 4.18. The van der Waals surface area contributed by atoms with Crippen molar-refractivity contribution in [2.75, 3.05) is 13.1 Å². The number of piperidine rings is 1. The summed E-state index contributed by atoms with van der Waals surface area (Å²) in [5.74, 6) is 0.385. The first-order chi connectivity index (χ1) is 7.59. The molecule has 2 rings (SSSR count). The Morgan fingerprint density at radius 1 is 1.53 bits per heavy atom. The molecule has 0 amide bonds. The number of hydrogen-bond donors (Lipinski definition) is 2. The topological polar surface area (TPSA) is 58.2 Å². The Balaban J connectivity index is 0.00000144. The van der Waals surface area contributed by atoms with Gasteiger partial charge in [-0.05, 0) is 30.3 Å². The zero-order chi connectivity index (χ0) is 11.6. The molecule has 1 saturated heterocycles. The molecule has 0 radical (unpaired) electrons. The molecule has 17 heavy (non-hydrogen) atoms. The number of thiophene rings is 1. The summed E-state index contributed by atoms with van der Waals surface area (Å²) in [6.45, 7) is 3.77. The van der Waals surface area contributed by atoms with E-state index in [-0.39, 0.29) is 18.4 Å². The first-order valence-corrected chi connectivity index (χ1v) is 7.72. The zero-order valence-electron chi connectivity index (χ0n) is 9.55. The quantitative estimate of drug-likeness (QED) is 0.887. The standard InChI is InChI=1S/C10H16N2O2S2.ClH/c1-8-4-5-11-7-9(8)12-16(13,14)10-3-2-6-15-10;/h2-3,6,8-9,11-12H,4-5,7H2,1H3;1H. The second-order valence-electron chi connectivity index (χ2n) is 4.13. The largest absolute Gasteiger partial charge is 0.315 e. The van der Waals surface area contributed by atoms with E-state index in [2.05, 4.69) is 17.0 Å². The van der Waals surface area contributed by atoms with E-state index in [0.717, 1.165) is 13.0 Å². The van der Waals surface area contributed by atoms with Gasteiger partial charge < -0.3 is 5.32 Å². The number of rotatable bonds is 3. The van der Waals surface area contributed by atoms with Crippen LogP contribution in [0.3, 0.4) is 0 Å². The Hall–Kier alpha value is -0.140. The fraction of sp³-hybridized carbons (Fsp3) is 0.600. The van der Waals surface area contributed by atoms with Gasteiger partial charge in [-0.3, -0.25) is 0 Å². The number of nitrogens with one attached hydrogen (secondary N) is 2. The van der Waals surface area contributed by atoms with Crippen LogP contribution in [-0.4, -0.2) is 27.5 Å². The van der Waals surface area contributed by atoms with Crippen LogP contribution in [-0.2, 0) is 10.0 Å². The summed E-state index contributed by atoms with van der Waals surface area (Å²) in [6.07, 6.45) is 1.01. The lowest BCUT2D eigenvalue weighted by atomic mass is 9.96. The van der Waals surface area contributed by atoms with Gasteiger partial charge in [0, 0.05) is 12.6 Å². The summed E-state index contributed by atoms with van der Waals surface area (Å²) >= 11 is 1.25. The molecule has 1 aliphatic rings. The minimum atomic E-state index is -3.32. The molecule has 0 spiro atoms. The summed E-state index contributed by atoms with van der Waals surface area (Å²) < 4.78 is 27.1. The van der Waals surface area contributed by atoms with Crippen molar-refractivity contribution in [3.05, 3.63) is 17.5 Å². The number of hydrogen-bond acceptors (Lipinski definition) is 4. The molecular formula is C10H17ClN2O2S2. The van der Waals surface area contributed by atoms with Crippen LogP contribution in [0.25, 0.3) is 0 Å². The summed E-state index contributed by atoms with van der Waals surface area (Å²) in [5, 5.41) is 4.98. The van der Waals surface area contributed by atoms with Crippen LogP contribution < -0.4 is 10.0 Å². The van der Waals surface area contributed by atoms with E-state index in [0.29, 0.717) is 16.7 Å². The van der Waals surface area contributed by atoms with Gasteiger partial charge in [-0.15, -0.1) is 23.7 Å². The van der Waals surface area contributed by atoms with Gasteiger partial charge in [-0.25, -0.2) is 13.1 Å². The highest BCUT2D eigenvalue weighted by atomic mass is 35.5. The van der Waals surface area contributed by atoms with Crippen LogP contribution in [0.4, 0.5) is 0 Å². The van der Waals surface area contributed by atoms with Crippen LogP contribution in [0.1, 0.15) is 13.3 Å².